The molecule has 0 radical (unpaired) electrons. The van der Waals surface area contributed by atoms with Gasteiger partial charge < -0.3 is 4.74 Å². The molecular formula is C7H12F2OS2. The van der Waals surface area contributed by atoms with E-state index in [4.69, 9.17) is 4.74 Å². The summed E-state index contributed by atoms with van der Waals surface area (Å²) in [5.74, 6) is -2.38. The van der Waals surface area contributed by atoms with Crippen molar-refractivity contribution in [2.45, 2.75) is 31.1 Å². The molecule has 12 heavy (non-hydrogen) atoms. The van der Waals surface area contributed by atoms with Crippen molar-refractivity contribution in [3.63, 3.8) is 0 Å². The van der Waals surface area contributed by atoms with Crippen LogP contribution >= 0.6 is 22.5 Å². The van der Waals surface area contributed by atoms with Crippen LogP contribution in [0, 0.1) is 5.92 Å². The Balaban J connectivity index is 2.04. The van der Waals surface area contributed by atoms with Crippen LogP contribution in [0.15, 0.2) is 0 Å². The largest absolute Gasteiger partial charge is 0.367 e. The van der Waals surface area contributed by atoms with Crippen LogP contribution in [0.1, 0.15) is 19.8 Å². The zero-order valence-electron chi connectivity index (χ0n) is 6.80. The SMILES string of the molecule is CC(OCC1CC(F)(F)C1)SS. The Labute approximate surface area is 80.0 Å². The molecule has 1 atom stereocenters. The van der Waals surface area contributed by atoms with Gasteiger partial charge >= 0.3 is 0 Å². The third-order valence-electron chi connectivity index (χ3n) is 1.89. The van der Waals surface area contributed by atoms with Gasteiger partial charge in [0, 0.05) is 12.8 Å². The Kier molecular flexibility index (Phi) is 3.67. The van der Waals surface area contributed by atoms with Crippen LogP contribution in [0.4, 0.5) is 8.78 Å². The molecule has 1 unspecified atom stereocenters. The van der Waals surface area contributed by atoms with Crippen LogP contribution in [-0.2, 0) is 4.74 Å². The molecule has 0 amide bonds. The molecule has 5 heteroatoms. The Morgan fingerprint density at radius 1 is 1.67 bits per heavy atom. The number of rotatable bonds is 4. The van der Waals surface area contributed by atoms with Crippen molar-refractivity contribution in [1.82, 2.24) is 0 Å². The van der Waals surface area contributed by atoms with Gasteiger partial charge in [0.1, 0.15) is 5.44 Å². The highest BCUT2D eigenvalue weighted by atomic mass is 33.1. The lowest BCUT2D eigenvalue weighted by Gasteiger charge is -2.34. The van der Waals surface area contributed by atoms with Crippen molar-refractivity contribution in [2.75, 3.05) is 6.61 Å². The quantitative estimate of drug-likeness (QED) is 0.437. The molecule has 1 aliphatic rings. The van der Waals surface area contributed by atoms with Crippen LogP contribution in [-0.4, -0.2) is 18.0 Å². The van der Waals surface area contributed by atoms with E-state index in [2.05, 4.69) is 11.7 Å². The minimum Gasteiger partial charge on any atom is -0.367 e. The molecule has 0 N–H and O–H groups in total. The lowest BCUT2D eigenvalue weighted by atomic mass is 9.82. The monoisotopic (exact) mass is 214 g/mol. The van der Waals surface area contributed by atoms with Crippen LogP contribution in [0.2, 0.25) is 0 Å². The highest BCUT2D eigenvalue weighted by molar-refractivity contribution is 8.68. The van der Waals surface area contributed by atoms with Gasteiger partial charge in [0.15, 0.2) is 0 Å². The van der Waals surface area contributed by atoms with Gasteiger partial charge in [0.25, 0.3) is 0 Å². The second-order valence-corrected chi connectivity index (χ2v) is 4.64. The summed E-state index contributed by atoms with van der Waals surface area (Å²) in [6.07, 6.45) is -0.0338. The minimum atomic E-state index is -2.43. The summed E-state index contributed by atoms with van der Waals surface area (Å²) in [4.78, 5) is 0. The summed E-state index contributed by atoms with van der Waals surface area (Å²) < 4.78 is 29.9. The van der Waals surface area contributed by atoms with Crippen LogP contribution in [0.25, 0.3) is 0 Å². The molecule has 0 aromatic heterocycles. The summed E-state index contributed by atoms with van der Waals surface area (Å²) in [5, 5.41) is 0. The van der Waals surface area contributed by atoms with E-state index in [0.717, 1.165) is 0 Å². The summed E-state index contributed by atoms with van der Waals surface area (Å²) in [7, 11) is 1.29. The zero-order chi connectivity index (χ0) is 9.19. The van der Waals surface area contributed by atoms with Crippen molar-refractivity contribution in [3.8, 4) is 0 Å². The first-order chi connectivity index (χ1) is 5.53. The Morgan fingerprint density at radius 2 is 2.25 bits per heavy atom. The van der Waals surface area contributed by atoms with Crippen LogP contribution in [0.3, 0.4) is 0 Å². The van der Waals surface area contributed by atoms with Gasteiger partial charge in [0.05, 0.1) is 6.61 Å². The maximum atomic E-state index is 12.3. The summed E-state index contributed by atoms with van der Waals surface area (Å²) in [6, 6.07) is 0. The number of thiol groups is 1. The number of hydrogen-bond acceptors (Lipinski definition) is 3. The number of halogens is 2. The molecule has 1 rings (SSSR count). The Bertz CT molecular complexity index is 146. The van der Waals surface area contributed by atoms with Crippen molar-refractivity contribution in [2.24, 2.45) is 5.92 Å². The van der Waals surface area contributed by atoms with E-state index < -0.39 is 5.92 Å². The molecule has 0 bridgehead atoms. The predicted molar refractivity (Wildman–Crippen MR) is 49.7 cm³/mol. The van der Waals surface area contributed by atoms with E-state index in [1.807, 2.05) is 6.92 Å². The molecule has 1 aliphatic carbocycles. The molecular weight excluding hydrogens is 202 g/mol. The molecule has 0 spiro atoms. The number of ether oxygens (including phenoxy) is 1. The summed E-state index contributed by atoms with van der Waals surface area (Å²) in [6.45, 7) is 2.29. The van der Waals surface area contributed by atoms with Gasteiger partial charge in [0.2, 0.25) is 5.92 Å². The van der Waals surface area contributed by atoms with Crippen molar-refractivity contribution in [3.05, 3.63) is 0 Å². The first-order valence-electron chi connectivity index (χ1n) is 3.83. The second kappa shape index (κ2) is 4.15. The fourth-order valence-corrected chi connectivity index (χ4v) is 1.53. The van der Waals surface area contributed by atoms with Crippen molar-refractivity contribution >= 4 is 22.5 Å². The van der Waals surface area contributed by atoms with Gasteiger partial charge in [-0.3, -0.25) is 0 Å². The Hall–Kier alpha value is 0.520. The van der Waals surface area contributed by atoms with Gasteiger partial charge in [-0.2, -0.15) is 0 Å². The van der Waals surface area contributed by atoms with E-state index >= 15 is 0 Å². The summed E-state index contributed by atoms with van der Waals surface area (Å²) in [5.41, 5.74) is -0.0115. The third-order valence-corrected chi connectivity index (χ3v) is 3.21. The summed E-state index contributed by atoms with van der Waals surface area (Å²) >= 11 is 3.94. The van der Waals surface area contributed by atoms with Gasteiger partial charge in [-0.05, 0) is 12.8 Å². The van der Waals surface area contributed by atoms with Gasteiger partial charge in [-0.1, -0.05) is 10.8 Å². The van der Waals surface area contributed by atoms with E-state index in [1.54, 1.807) is 0 Å². The van der Waals surface area contributed by atoms with Crippen molar-refractivity contribution in [1.29, 1.82) is 0 Å². The molecule has 72 valence electrons. The highest BCUT2D eigenvalue weighted by Gasteiger charge is 2.45. The van der Waals surface area contributed by atoms with Crippen molar-refractivity contribution < 1.29 is 13.5 Å². The van der Waals surface area contributed by atoms with Gasteiger partial charge in [-0.15, -0.1) is 11.7 Å². The molecule has 0 aromatic rings. The van der Waals surface area contributed by atoms with Crippen LogP contribution < -0.4 is 0 Å². The minimum absolute atomic E-state index is 0.0115. The fourth-order valence-electron chi connectivity index (χ4n) is 1.20. The average Bonchev–Trinajstić information content (AvgIpc) is 1.96. The van der Waals surface area contributed by atoms with E-state index in [1.165, 1.54) is 10.8 Å². The third kappa shape index (κ3) is 3.11. The molecule has 1 saturated carbocycles. The second-order valence-electron chi connectivity index (χ2n) is 3.14. The predicted octanol–water partition coefficient (Wildman–Crippen LogP) is 2.97. The van der Waals surface area contributed by atoms with Gasteiger partial charge in [-0.25, -0.2) is 8.78 Å². The molecule has 1 fully saturated rings. The number of alkyl halides is 2. The topological polar surface area (TPSA) is 9.23 Å². The lowest BCUT2D eigenvalue weighted by Crippen LogP contribution is -2.38. The smallest absolute Gasteiger partial charge is 0.248 e. The highest BCUT2D eigenvalue weighted by Crippen LogP contribution is 2.42. The molecule has 0 saturated heterocycles. The fraction of sp³-hybridized carbons (Fsp3) is 1.00. The lowest BCUT2D eigenvalue weighted by molar-refractivity contribution is -0.129. The molecule has 0 heterocycles. The first kappa shape index (κ1) is 10.6. The first-order valence-corrected chi connectivity index (χ1v) is 5.76. The van der Waals surface area contributed by atoms with E-state index in [9.17, 15) is 8.78 Å². The maximum absolute atomic E-state index is 12.3. The molecule has 1 nitrogen and oxygen atoms in total. The maximum Gasteiger partial charge on any atom is 0.248 e. The number of hydrogen-bond donors (Lipinski definition) is 1. The zero-order valence-corrected chi connectivity index (χ0v) is 8.51. The molecule has 0 aromatic carbocycles. The average molecular weight is 214 g/mol. The Morgan fingerprint density at radius 3 is 2.67 bits per heavy atom. The molecule has 0 aliphatic heterocycles. The van der Waals surface area contributed by atoms with Crippen LogP contribution in [0.5, 0.6) is 0 Å². The standard InChI is InChI=1S/C7H12F2OS2/c1-5(12-11)10-4-6-2-7(8,9)3-6/h5-6,11H,2-4H2,1H3. The van der Waals surface area contributed by atoms with E-state index in [-0.39, 0.29) is 24.2 Å². The van der Waals surface area contributed by atoms with E-state index in [0.29, 0.717) is 6.61 Å². The normalized spacial score (nSPS) is 25.0.